The molecule has 0 N–H and O–H groups in total. The van der Waals surface area contributed by atoms with Crippen molar-refractivity contribution in [3.63, 3.8) is 0 Å². The molecule has 0 radical (unpaired) electrons. The van der Waals surface area contributed by atoms with E-state index < -0.39 is 6.17 Å². The summed E-state index contributed by atoms with van der Waals surface area (Å²) in [5, 5.41) is 0. The van der Waals surface area contributed by atoms with Crippen molar-refractivity contribution in [2.24, 2.45) is 0 Å². The Kier molecular flexibility index (Phi) is 3.95. The van der Waals surface area contributed by atoms with Crippen molar-refractivity contribution in [3.05, 3.63) is 0 Å². The topological polar surface area (TPSA) is 6.48 Å². The van der Waals surface area contributed by atoms with Crippen LogP contribution in [-0.4, -0.2) is 55.7 Å². The second-order valence-corrected chi connectivity index (χ2v) is 3.71. The summed E-state index contributed by atoms with van der Waals surface area (Å²) in [6, 6.07) is 0. The van der Waals surface area contributed by atoms with Gasteiger partial charge in [0.25, 0.3) is 0 Å². The third-order valence-corrected chi connectivity index (χ3v) is 2.44. The molecule has 1 fully saturated rings. The summed E-state index contributed by atoms with van der Waals surface area (Å²) in [4.78, 5) is 4.66. The van der Waals surface area contributed by atoms with Crippen molar-refractivity contribution in [1.82, 2.24) is 9.80 Å². The highest BCUT2D eigenvalue weighted by Gasteiger charge is 2.13. The zero-order valence-corrected chi connectivity index (χ0v) is 8.09. The van der Waals surface area contributed by atoms with Gasteiger partial charge >= 0.3 is 0 Å². The van der Waals surface area contributed by atoms with Gasteiger partial charge in [-0.05, 0) is 20.4 Å². The summed E-state index contributed by atoms with van der Waals surface area (Å²) in [5.41, 5.74) is 0. The summed E-state index contributed by atoms with van der Waals surface area (Å²) >= 11 is 0. The lowest BCUT2D eigenvalue weighted by atomic mass is 10.2. The molecule has 1 rings (SSSR count). The molecule has 0 aliphatic carbocycles. The molecular formula is C9H19FN2. The Morgan fingerprint density at radius 1 is 1.25 bits per heavy atom. The van der Waals surface area contributed by atoms with Crippen LogP contribution in [0.2, 0.25) is 0 Å². The van der Waals surface area contributed by atoms with Crippen LogP contribution >= 0.6 is 0 Å². The quantitative estimate of drug-likeness (QED) is 0.629. The first kappa shape index (κ1) is 9.93. The van der Waals surface area contributed by atoms with Gasteiger partial charge in [-0.25, -0.2) is 4.39 Å². The van der Waals surface area contributed by atoms with Crippen molar-refractivity contribution >= 4 is 0 Å². The van der Waals surface area contributed by atoms with E-state index in [0.29, 0.717) is 6.42 Å². The van der Waals surface area contributed by atoms with Gasteiger partial charge in [-0.2, -0.15) is 0 Å². The first-order chi connectivity index (χ1) is 5.68. The fourth-order valence-corrected chi connectivity index (χ4v) is 1.43. The molecule has 0 aromatic heterocycles. The molecule has 1 heterocycles. The summed E-state index contributed by atoms with van der Waals surface area (Å²) in [6.45, 7) is 7.01. The first-order valence-electron chi connectivity index (χ1n) is 4.73. The predicted molar refractivity (Wildman–Crippen MR) is 49.1 cm³/mol. The van der Waals surface area contributed by atoms with Gasteiger partial charge in [0.2, 0.25) is 0 Å². The van der Waals surface area contributed by atoms with E-state index in [-0.39, 0.29) is 0 Å². The van der Waals surface area contributed by atoms with E-state index >= 15 is 0 Å². The molecule has 3 heteroatoms. The fraction of sp³-hybridized carbons (Fsp3) is 1.00. The Morgan fingerprint density at radius 2 is 1.83 bits per heavy atom. The minimum absolute atomic E-state index is 0.648. The van der Waals surface area contributed by atoms with Crippen molar-refractivity contribution in [2.45, 2.75) is 19.5 Å². The second kappa shape index (κ2) is 4.77. The maximum Gasteiger partial charge on any atom is 0.0985 e. The molecule has 1 unspecified atom stereocenters. The van der Waals surface area contributed by atoms with Gasteiger partial charge in [0.1, 0.15) is 0 Å². The average Bonchev–Trinajstić information content (AvgIpc) is 2.03. The van der Waals surface area contributed by atoms with Gasteiger partial charge in [0.15, 0.2) is 0 Å². The third-order valence-electron chi connectivity index (χ3n) is 2.44. The van der Waals surface area contributed by atoms with Gasteiger partial charge < -0.3 is 9.80 Å². The molecule has 1 aliphatic heterocycles. The average molecular weight is 174 g/mol. The number of halogens is 1. The van der Waals surface area contributed by atoms with Crippen LogP contribution in [0, 0.1) is 0 Å². The second-order valence-electron chi connectivity index (χ2n) is 3.71. The van der Waals surface area contributed by atoms with E-state index in [9.17, 15) is 4.39 Å². The SMILES string of the molecule is CC(F)CCN1CCN(C)CC1. The van der Waals surface area contributed by atoms with Gasteiger partial charge in [0.05, 0.1) is 6.17 Å². The smallest absolute Gasteiger partial charge is 0.0985 e. The molecule has 0 bridgehead atoms. The maximum atomic E-state index is 12.5. The zero-order valence-electron chi connectivity index (χ0n) is 8.09. The Labute approximate surface area is 74.3 Å². The summed E-state index contributed by atoms with van der Waals surface area (Å²) < 4.78 is 12.5. The Hall–Kier alpha value is -0.150. The Balaban J connectivity index is 2.09. The highest BCUT2D eigenvalue weighted by Crippen LogP contribution is 2.03. The predicted octanol–water partition coefficient (Wildman–Crippen LogP) is 0.982. The molecule has 12 heavy (non-hydrogen) atoms. The van der Waals surface area contributed by atoms with Crippen LogP contribution in [0.3, 0.4) is 0 Å². The van der Waals surface area contributed by atoms with Gasteiger partial charge in [-0.15, -0.1) is 0 Å². The monoisotopic (exact) mass is 174 g/mol. The van der Waals surface area contributed by atoms with Crippen LogP contribution in [0.15, 0.2) is 0 Å². The number of alkyl halides is 1. The molecule has 0 saturated carbocycles. The number of nitrogens with zero attached hydrogens (tertiary/aromatic N) is 2. The third kappa shape index (κ3) is 3.50. The number of likely N-dealkylation sites (N-methyl/N-ethyl adjacent to an activating group) is 1. The van der Waals surface area contributed by atoms with Crippen molar-refractivity contribution in [3.8, 4) is 0 Å². The number of hydrogen-bond donors (Lipinski definition) is 0. The number of rotatable bonds is 3. The van der Waals surface area contributed by atoms with Gasteiger partial charge in [-0.3, -0.25) is 0 Å². The Morgan fingerprint density at radius 3 is 2.33 bits per heavy atom. The largest absolute Gasteiger partial charge is 0.304 e. The van der Waals surface area contributed by atoms with E-state index in [0.717, 1.165) is 32.7 Å². The maximum absolute atomic E-state index is 12.5. The number of hydrogen-bond acceptors (Lipinski definition) is 2. The molecule has 0 amide bonds. The molecule has 1 aliphatic rings. The minimum Gasteiger partial charge on any atom is -0.304 e. The first-order valence-corrected chi connectivity index (χ1v) is 4.73. The molecule has 1 saturated heterocycles. The summed E-state index contributed by atoms with van der Waals surface area (Å²) in [6.07, 6.45) is 0.0358. The Bertz CT molecular complexity index is 120. The molecule has 72 valence electrons. The molecule has 1 atom stereocenters. The summed E-state index contributed by atoms with van der Waals surface area (Å²) in [7, 11) is 2.13. The van der Waals surface area contributed by atoms with Crippen molar-refractivity contribution < 1.29 is 4.39 Å². The van der Waals surface area contributed by atoms with Crippen LogP contribution in [-0.2, 0) is 0 Å². The summed E-state index contributed by atoms with van der Waals surface area (Å²) in [5.74, 6) is 0. The van der Waals surface area contributed by atoms with Crippen LogP contribution in [0.4, 0.5) is 4.39 Å². The zero-order chi connectivity index (χ0) is 8.97. The number of piperazine rings is 1. The normalized spacial score (nSPS) is 24.2. The van der Waals surface area contributed by atoms with E-state index in [1.807, 2.05) is 0 Å². The molecule has 2 nitrogen and oxygen atoms in total. The van der Waals surface area contributed by atoms with Gasteiger partial charge in [0, 0.05) is 32.7 Å². The van der Waals surface area contributed by atoms with Crippen LogP contribution in [0.25, 0.3) is 0 Å². The van der Waals surface area contributed by atoms with E-state index in [4.69, 9.17) is 0 Å². The molecule has 0 aromatic carbocycles. The van der Waals surface area contributed by atoms with E-state index in [2.05, 4.69) is 16.8 Å². The molecular weight excluding hydrogens is 155 g/mol. The standard InChI is InChI=1S/C9H19FN2/c1-9(10)3-4-12-7-5-11(2)6-8-12/h9H,3-8H2,1-2H3. The highest BCUT2D eigenvalue weighted by molar-refractivity contribution is 4.69. The van der Waals surface area contributed by atoms with E-state index in [1.54, 1.807) is 6.92 Å². The van der Waals surface area contributed by atoms with Crippen LogP contribution in [0.5, 0.6) is 0 Å². The lowest BCUT2D eigenvalue weighted by Gasteiger charge is -2.32. The lowest BCUT2D eigenvalue weighted by molar-refractivity contribution is 0.143. The lowest BCUT2D eigenvalue weighted by Crippen LogP contribution is -2.44. The van der Waals surface area contributed by atoms with Crippen LogP contribution in [0.1, 0.15) is 13.3 Å². The highest BCUT2D eigenvalue weighted by atomic mass is 19.1. The molecule has 0 spiro atoms. The van der Waals surface area contributed by atoms with Crippen LogP contribution < -0.4 is 0 Å². The fourth-order valence-electron chi connectivity index (χ4n) is 1.43. The van der Waals surface area contributed by atoms with E-state index in [1.165, 1.54) is 0 Å². The minimum atomic E-state index is -0.648. The van der Waals surface area contributed by atoms with Crippen molar-refractivity contribution in [2.75, 3.05) is 39.8 Å². The molecule has 0 aromatic rings. The van der Waals surface area contributed by atoms with Gasteiger partial charge in [-0.1, -0.05) is 0 Å². The van der Waals surface area contributed by atoms with Crippen molar-refractivity contribution in [1.29, 1.82) is 0 Å².